The van der Waals surface area contributed by atoms with E-state index in [-0.39, 0.29) is 11.7 Å². The standard InChI is InChI=1S/C13H16BrFN2O/c14-11-7-9(15)5-6-12(11)17-13(18)8-16-10-3-1-2-4-10/h5-7,10,16H,1-4,8H2,(H,17,18). The summed E-state index contributed by atoms with van der Waals surface area (Å²) in [6.45, 7) is 0.300. The van der Waals surface area contributed by atoms with Gasteiger partial charge in [0.15, 0.2) is 0 Å². The number of halogens is 2. The second-order valence-corrected chi connectivity index (χ2v) is 5.39. The van der Waals surface area contributed by atoms with Gasteiger partial charge in [0.1, 0.15) is 5.82 Å². The Labute approximate surface area is 114 Å². The molecule has 1 fully saturated rings. The lowest BCUT2D eigenvalue weighted by Crippen LogP contribution is -2.34. The predicted molar refractivity (Wildman–Crippen MR) is 73.0 cm³/mol. The van der Waals surface area contributed by atoms with Gasteiger partial charge in [-0.15, -0.1) is 0 Å². The SMILES string of the molecule is O=C(CNC1CCCC1)Nc1ccc(F)cc1Br. The highest BCUT2D eigenvalue weighted by atomic mass is 79.9. The quantitative estimate of drug-likeness (QED) is 0.896. The summed E-state index contributed by atoms with van der Waals surface area (Å²) in [4.78, 5) is 11.7. The van der Waals surface area contributed by atoms with Crippen molar-refractivity contribution >= 4 is 27.5 Å². The van der Waals surface area contributed by atoms with Gasteiger partial charge < -0.3 is 10.6 Å². The van der Waals surface area contributed by atoms with Crippen molar-refractivity contribution in [3.8, 4) is 0 Å². The van der Waals surface area contributed by atoms with Crippen molar-refractivity contribution in [1.29, 1.82) is 0 Å². The molecule has 0 radical (unpaired) electrons. The third kappa shape index (κ3) is 3.78. The number of carbonyl (C=O) groups excluding carboxylic acids is 1. The third-order valence-corrected chi connectivity index (χ3v) is 3.77. The lowest BCUT2D eigenvalue weighted by Gasteiger charge is -2.12. The zero-order chi connectivity index (χ0) is 13.0. The van der Waals surface area contributed by atoms with Crippen LogP contribution in [0.2, 0.25) is 0 Å². The summed E-state index contributed by atoms with van der Waals surface area (Å²) >= 11 is 3.22. The van der Waals surface area contributed by atoms with E-state index in [1.54, 1.807) is 6.07 Å². The molecule has 1 saturated carbocycles. The molecule has 98 valence electrons. The molecule has 1 aliphatic rings. The Morgan fingerprint density at radius 1 is 1.39 bits per heavy atom. The monoisotopic (exact) mass is 314 g/mol. The van der Waals surface area contributed by atoms with Gasteiger partial charge in [-0.3, -0.25) is 4.79 Å². The highest BCUT2D eigenvalue weighted by molar-refractivity contribution is 9.10. The van der Waals surface area contributed by atoms with E-state index < -0.39 is 0 Å². The summed E-state index contributed by atoms with van der Waals surface area (Å²) in [5, 5.41) is 5.98. The van der Waals surface area contributed by atoms with Gasteiger partial charge in [-0.05, 0) is 47.0 Å². The molecule has 18 heavy (non-hydrogen) atoms. The van der Waals surface area contributed by atoms with Crippen molar-refractivity contribution in [2.75, 3.05) is 11.9 Å². The van der Waals surface area contributed by atoms with Crippen LogP contribution in [0.15, 0.2) is 22.7 Å². The van der Waals surface area contributed by atoms with Gasteiger partial charge in [-0.2, -0.15) is 0 Å². The van der Waals surface area contributed by atoms with E-state index in [1.165, 1.54) is 25.0 Å². The molecule has 0 saturated heterocycles. The molecule has 1 aliphatic carbocycles. The van der Waals surface area contributed by atoms with Crippen LogP contribution in [0.4, 0.5) is 10.1 Å². The molecule has 3 nitrogen and oxygen atoms in total. The van der Waals surface area contributed by atoms with E-state index >= 15 is 0 Å². The molecule has 2 N–H and O–H groups in total. The lowest BCUT2D eigenvalue weighted by atomic mass is 10.2. The van der Waals surface area contributed by atoms with Crippen LogP contribution in [-0.4, -0.2) is 18.5 Å². The fourth-order valence-electron chi connectivity index (χ4n) is 2.15. The zero-order valence-electron chi connectivity index (χ0n) is 10.0. The fourth-order valence-corrected chi connectivity index (χ4v) is 2.60. The largest absolute Gasteiger partial charge is 0.324 e. The minimum atomic E-state index is -0.330. The zero-order valence-corrected chi connectivity index (χ0v) is 11.6. The Kier molecular flexibility index (Phi) is 4.72. The topological polar surface area (TPSA) is 41.1 Å². The van der Waals surface area contributed by atoms with Gasteiger partial charge >= 0.3 is 0 Å². The van der Waals surface area contributed by atoms with Gasteiger partial charge in [0.25, 0.3) is 0 Å². The summed E-state index contributed by atoms with van der Waals surface area (Å²) in [6.07, 6.45) is 4.77. The van der Waals surface area contributed by atoms with Crippen LogP contribution < -0.4 is 10.6 Å². The van der Waals surface area contributed by atoms with Crippen molar-refractivity contribution in [3.05, 3.63) is 28.5 Å². The maximum Gasteiger partial charge on any atom is 0.238 e. The van der Waals surface area contributed by atoms with Crippen LogP contribution in [0, 0.1) is 5.82 Å². The first-order valence-corrected chi connectivity index (χ1v) is 6.93. The number of rotatable bonds is 4. The number of hydrogen-bond donors (Lipinski definition) is 2. The highest BCUT2D eigenvalue weighted by Gasteiger charge is 2.15. The summed E-state index contributed by atoms with van der Waals surface area (Å²) in [5.74, 6) is -0.432. The molecule has 1 aromatic carbocycles. The summed E-state index contributed by atoms with van der Waals surface area (Å²) in [6, 6.07) is 4.67. The Bertz CT molecular complexity index is 433. The number of carbonyl (C=O) groups is 1. The van der Waals surface area contributed by atoms with Gasteiger partial charge in [0.05, 0.1) is 12.2 Å². The highest BCUT2D eigenvalue weighted by Crippen LogP contribution is 2.23. The van der Waals surface area contributed by atoms with Crippen LogP contribution in [0.5, 0.6) is 0 Å². The number of hydrogen-bond acceptors (Lipinski definition) is 2. The second-order valence-electron chi connectivity index (χ2n) is 4.53. The molecule has 0 spiro atoms. The minimum absolute atomic E-state index is 0.103. The molecule has 0 unspecified atom stereocenters. The van der Waals surface area contributed by atoms with Gasteiger partial charge in [-0.1, -0.05) is 12.8 Å². The number of benzene rings is 1. The predicted octanol–water partition coefficient (Wildman–Crippen LogP) is 3.06. The molecule has 1 amide bonds. The molecule has 2 rings (SSSR count). The van der Waals surface area contributed by atoms with Gasteiger partial charge in [0.2, 0.25) is 5.91 Å². The smallest absolute Gasteiger partial charge is 0.238 e. The maximum atomic E-state index is 12.9. The molecular weight excluding hydrogens is 299 g/mol. The molecule has 0 bridgehead atoms. The van der Waals surface area contributed by atoms with Crippen molar-refractivity contribution in [2.24, 2.45) is 0 Å². The Morgan fingerprint density at radius 2 is 2.11 bits per heavy atom. The van der Waals surface area contributed by atoms with Crippen LogP contribution in [0.25, 0.3) is 0 Å². The maximum absolute atomic E-state index is 12.9. The first-order chi connectivity index (χ1) is 8.65. The summed E-state index contributed by atoms with van der Waals surface area (Å²) in [7, 11) is 0. The van der Waals surface area contributed by atoms with Crippen molar-refractivity contribution in [1.82, 2.24) is 5.32 Å². The molecule has 0 aliphatic heterocycles. The summed E-state index contributed by atoms with van der Waals surface area (Å²) < 4.78 is 13.4. The lowest BCUT2D eigenvalue weighted by molar-refractivity contribution is -0.115. The van der Waals surface area contributed by atoms with Crippen LogP contribution >= 0.6 is 15.9 Å². The molecule has 0 atom stereocenters. The average Bonchev–Trinajstić information content (AvgIpc) is 2.83. The van der Waals surface area contributed by atoms with E-state index in [4.69, 9.17) is 0 Å². The minimum Gasteiger partial charge on any atom is -0.324 e. The second kappa shape index (κ2) is 6.29. The normalized spacial score (nSPS) is 15.9. The number of nitrogens with one attached hydrogen (secondary N) is 2. The Balaban J connectivity index is 1.82. The van der Waals surface area contributed by atoms with E-state index in [0.29, 0.717) is 22.7 Å². The Hall–Kier alpha value is -0.940. The Morgan fingerprint density at radius 3 is 2.78 bits per heavy atom. The average molecular weight is 315 g/mol. The molecule has 0 aromatic heterocycles. The summed E-state index contributed by atoms with van der Waals surface area (Å²) in [5.41, 5.74) is 0.592. The molecule has 0 heterocycles. The van der Waals surface area contributed by atoms with Crippen molar-refractivity contribution in [3.63, 3.8) is 0 Å². The van der Waals surface area contributed by atoms with Crippen LogP contribution in [0.3, 0.4) is 0 Å². The molecule has 1 aromatic rings. The first kappa shape index (κ1) is 13.5. The number of amides is 1. The van der Waals surface area contributed by atoms with E-state index in [1.807, 2.05) is 0 Å². The molecule has 5 heteroatoms. The van der Waals surface area contributed by atoms with Gasteiger partial charge in [-0.25, -0.2) is 4.39 Å². The third-order valence-electron chi connectivity index (χ3n) is 3.11. The van der Waals surface area contributed by atoms with E-state index in [2.05, 4.69) is 26.6 Å². The van der Waals surface area contributed by atoms with Crippen LogP contribution in [-0.2, 0) is 4.79 Å². The van der Waals surface area contributed by atoms with Crippen molar-refractivity contribution in [2.45, 2.75) is 31.7 Å². The van der Waals surface area contributed by atoms with Crippen molar-refractivity contribution < 1.29 is 9.18 Å². The molecular formula is C13H16BrFN2O. The van der Waals surface area contributed by atoms with E-state index in [0.717, 1.165) is 12.8 Å². The van der Waals surface area contributed by atoms with Crippen LogP contribution in [0.1, 0.15) is 25.7 Å². The van der Waals surface area contributed by atoms with E-state index in [9.17, 15) is 9.18 Å². The van der Waals surface area contributed by atoms with Gasteiger partial charge in [0, 0.05) is 10.5 Å². The fraction of sp³-hybridized carbons (Fsp3) is 0.462. The number of anilines is 1. The first-order valence-electron chi connectivity index (χ1n) is 6.13.